The van der Waals surface area contributed by atoms with Crippen LogP contribution in [0.2, 0.25) is 5.02 Å². The molecule has 0 saturated heterocycles. The SMILES string of the molecule is Oc1ccc(Br)cc1CNCc1ccccc1Cl. The minimum Gasteiger partial charge on any atom is -0.508 e. The lowest BCUT2D eigenvalue weighted by Gasteiger charge is -2.08. The van der Waals surface area contributed by atoms with Gasteiger partial charge in [-0.2, -0.15) is 0 Å². The summed E-state index contributed by atoms with van der Waals surface area (Å²) in [7, 11) is 0. The van der Waals surface area contributed by atoms with Crippen molar-refractivity contribution >= 4 is 27.5 Å². The van der Waals surface area contributed by atoms with Crippen LogP contribution >= 0.6 is 27.5 Å². The number of benzene rings is 2. The third-order valence-corrected chi connectivity index (χ3v) is 3.49. The van der Waals surface area contributed by atoms with Crippen LogP contribution in [0, 0.1) is 0 Å². The lowest BCUT2D eigenvalue weighted by atomic mass is 10.2. The first kappa shape index (κ1) is 13.4. The number of phenols is 1. The fraction of sp³-hybridized carbons (Fsp3) is 0.143. The van der Waals surface area contributed by atoms with E-state index in [9.17, 15) is 5.11 Å². The molecule has 2 aromatic rings. The van der Waals surface area contributed by atoms with Crippen molar-refractivity contribution in [3.05, 3.63) is 63.1 Å². The minimum atomic E-state index is 0.296. The predicted molar refractivity (Wildman–Crippen MR) is 77.8 cm³/mol. The Kier molecular flexibility index (Phi) is 4.64. The van der Waals surface area contributed by atoms with Crippen molar-refractivity contribution < 1.29 is 5.11 Å². The van der Waals surface area contributed by atoms with Crippen LogP contribution in [0.1, 0.15) is 11.1 Å². The molecule has 0 saturated carbocycles. The molecule has 0 aromatic heterocycles. The molecule has 0 radical (unpaired) electrons. The van der Waals surface area contributed by atoms with Gasteiger partial charge in [0, 0.05) is 28.1 Å². The molecule has 0 aliphatic carbocycles. The van der Waals surface area contributed by atoms with E-state index >= 15 is 0 Å². The molecule has 2 rings (SSSR count). The van der Waals surface area contributed by atoms with Crippen LogP contribution in [0.3, 0.4) is 0 Å². The third kappa shape index (κ3) is 3.48. The van der Waals surface area contributed by atoms with Crippen LogP contribution in [-0.2, 0) is 13.1 Å². The van der Waals surface area contributed by atoms with Gasteiger partial charge in [-0.3, -0.25) is 0 Å². The Morgan fingerprint density at radius 2 is 1.78 bits per heavy atom. The molecule has 0 aliphatic heterocycles. The summed E-state index contributed by atoms with van der Waals surface area (Å²) in [6.07, 6.45) is 0. The molecule has 0 atom stereocenters. The summed E-state index contributed by atoms with van der Waals surface area (Å²) >= 11 is 9.45. The fourth-order valence-electron chi connectivity index (χ4n) is 1.67. The lowest BCUT2D eigenvalue weighted by molar-refractivity contribution is 0.464. The van der Waals surface area contributed by atoms with E-state index in [-0.39, 0.29) is 0 Å². The molecule has 0 fully saturated rings. The molecule has 4 heteroatoms. The van der Waals surface area contributed by atoms with Crippen LogP contribution in [0.4, 0.5) is 0 Å². The highest BCUT2D eigenvalue weighted by molar-refractivity contribution is 9.10. The molecular weight excluding hydrogens is 314 g/mol. The van der Waals surface area contributed by atoms with Gasteiger partial charge in [0.2, 0.25) is 0 Å². The highest BCUT2D eigenvalue weighted by atomic mass is 79.9. The lowest BCUT2D eigenvalue weighted by Crippen LogP contribution is -2.13. The van der Waals surface area contributed by atoms with Gasteiger partial charge in [0.25, 0.3) is 0 Å². The number of phenolic OH excluding ortho intramolecular Hbond substituents is 1. The first-order valence-corrected chi connectivity index (χ1v) is 6.75. The van der Waals surface area contributed by atoms with Crippen molar-refractivity contribution in [3.63, 3.8) is 0 Å². The number of hydrogen-bond donors (Lipinski definition) is 2. The van der Waals surface area contributed by atoms with Gasteiger partial charge in [0.15, 0.2) is 0 Å². The maximum absolute atomic E-state index is 9.70. The summed E-state index contributed by atoms with van der Waals surface area (Å²) in [5.41, 5.74) is 1.91. The average Bonchev–Trinajstić information content (AvgIpc) is 2.36. The zero-order valence-electron chi connectivity index (χ0n) is 9.66. The Hall–Kier alpha value is -1.03. The molecule has 0 bridgehead atoms. The largest absolute Gasteiger partial charge is 0.508 e. The molecule has 0 amide bonds. The molecule has 0 heterocycles. The normalized spacial score (nSPS) is 10.6. The Labute approximate surface area is 120 Å². The minimum absolute atomic E-state index is 0.296. The fourth-order valence-corrected chi connectivity index (χ4v) is 2.28. The summed E-state index contributed by atoms with van der Waals surface area (Å²) in [5.74, 6) is 0.296. The van der Waals surface area contributed by atoms with Crippen molar-refractivity contribution in [1.29, 1.82) is 0 Å². The summed E-state index contributed by atoms with van der Waals surface area (Å²) in [5, 5.41) is 13.7. The molecule has 2 aromatic carbocycles. The van der Waals surface area contributed by atoms with Crippen LogP contribution in [0.5, 0.6) is 5.75 Å². The second kappa shape index (κ2) is 6.23. The zero-order chi connectivity index (χ0) is 13.0. The maximum atomic E-state index is 9.70. The summed E-state index contributed by atoms with van der Waals surface area (Å²) in [6, 6.07) is 13.1. The number of nitrogens with one attached hydrogen (secondary N) is 1. The molecule has 0 unspecified atom stereocenters. The Morgan fingerprint density at radius 3 is 2.56 bits per heavy atom. The van der Waals surface area contributed by atoms with Crippen molar-refractivity contribution in [1.82, 2.24) is 5.32 Å². The number of hydrogen-bond acceptors (Lipinski definition) is 2. The third-order valence-electron chi connectivity index (χ3n) is 2.63. The van der Waals surface area contributed by atoms with E-state index in [0.29, 0.717) is 18.8 Å². The van der Waals surface area contributed by atoms with E-state index < -0.39 is 0 Å². The summed E-state index contributed by atoms with van der Waals surface area (Å²) in [4.78, 5) is 0. The van der Waals surface area contributed by atoms with Crippen molar-refractivity contribution in [2.75, 3.05) is 0 Å². The summed E-state index contributed by atoms with van der Waals surface area (Å²) < 4.78 is 0.954. The Bertz CT molecular complexity index is 545. The van der Waals surface area contributed by atoms with E-state index in [1.807, 2.05) is 36.4 Å². The number of rotatable bonds is 4. The second-order valence-corrected chi connectivity index (χ2v) is 5.29. The van der Waals surface area contributed by atoms with Gasteiger partial charge in [-0.15, -0.1) is 0 Å². The predicted octanol–water partition coefficient (Wildman–Crippen LogP) is 4.10. The Morgan fingerprint density at radius 1 is 1.06 bits per heavy atom. The zero-order valence-corrected chi connectivity index (χ0v) is 12.0. The number of halogens is 2. The van der Waals surface area contributed by atoms with Crippen LogP contribution < -0.4 is 5.32 Å². The van der Waals surface area contributed by atoms with Gasteiger partial charge < -0.3 is 10.4 Å². The van der Waals surface area contributed by atoms with Crippen LogP contribution in [-0.4, -0.2) is 5.11 Å². The van der Waals surface area contributed by atoms with Crippen molar-refractivity contribution in [2.24, 2.45) is 0 Å². The molecule has 0 aliphatic rings. The topological polar surface area (TPSA) is 32.3 Å². The molecule has 94 valence electrons. The molecular formula is C14H13BrClNO. The summed E-state index contributed by atoms with van der Waals surface area (Å²) in [6.45, 7) is 1.27. The van der Waals surface area contributed by atoms with Gasteiger partial charge in [-0.1, -0.05) is 45.7 Å². The van der Waals surface area contributed by atoms with Crippen molar-refractivity contribution in [2.45, 2.75) is 13.1 Å². The van der Waals surface area contributed by atoms with E-state index in [0.717, 1.165) is 20.6 Å². The smallest absolute Gasteiger partial charge is 0.120 e. The molecule has 0 spiro atoms. The quantitative estimate of drug-likeness (QED) is 0.886. The van der Waals surface area contributed by atoms with Gasteiger partial charge in [-0.05, 0) is 29.8 Å². The first-order valence-electron chi connectivity index (χ1n) is 5.58. The highest BCUT2D eigenvalue weighted by Crippen LogP contribution is 2.22. The van der Waals surface area contributed by atoms with Crippen molar-refractivity contribution in [3.8, 4) is 5.75 Å². The van der Waals surface area contributed by atoms with E-state index in [1.54, 1.807) is 6.07 Å². The van der Waals surface area contributed by atoms with Gasteiger partial charge in [0.05, 0.1) is 0 Å². The van der Waals surface area contributed by atoms with E-state index in [4.69, 9.17) is 11.6 Å². The molecule has 18 heavy (non-hydrogen) atoms. The van der Waals surface area contributed by atoms with Gasteiger partial charge >= 0.3 is 0 Å². The molecule has 2 N–H and O–H groups in total. The monoisotopic (exact) mass is 325 g/mol. The standard InChI is InChI=1S/C14H13BrClNO/c15-12-5-6-14(18)11(7-12)9-17-8-10-3-1-2-4-13(10)16/h1-7,17-18H,8-9H2. The maximum Gasteiger partial charge on any atom is 0.120 e. The van der Waals surface area contributed by atoms with E-state index in [1.165, 1.54) is 0 Å². The first-order chi connectivity index (χ1) is 8.66. The average molecular weight is 327 g/mol. The molecule has 2 nitrogen and oxygen atoms in total. The van der Waals surface area contributed by atoms with Crippen LogP contribution in [0.25, 0.3) is 0 Å². The van der Waals surface area contributed by atoms with E-state index in [2.05, 4.69) is 21.2 Å². The van der Waals surface area contributed by atoms with Crippen LogP contribution in [0.15, 0.2) is 46.9 Å². The highest BCUT2D eigenvalue weighted by Gasteiger charge is 2.03. The second-order valence-electron chi connectivity index (χ2n) is 3.97. The van der Waals surface area contributed by atoms with Gasteiger partial charge in [-0.25, -0.2) is 0 Å². The van der Waals surface area contributed by atoms with Gasteiger partial charge in [0.1, 0.15) is 5.75 Å². The Balaban J connectivity index is 1.96. The number of aromatic hydroxyl groups is 1.